The van der Waals surface area contributed by atoms with Crippen LogP contribution in [0.4, 0.5) is 11.4 Å². The largest absolute Gasteiger partial charge is 0.379 e. The maximum atomic E-state index is 6.05. The highest BCUT2D eigenvalue weighted by Gasteiger charge is 2.07. The van der Waals surface area contributed by atoms with Crippen molar-refractivity contribution in [3.63, 3.8) is 0 Å². The van der Waals surface area contributed by atoms with E-state index in [9.17, 15) is 0 Å². The predicted octanol–water partition coefficient (Wildman–Crippen LogP) is 4.43. The maximum Gasteiger partial charge on any atom is 0.0594 e. The van der Waals surface area contributed by atoms with Crippen molar-refractivity contribution in [2.24, 2.45) is 0 Å². The molecule has 3 nitrogen and oxygen atoms in total. The Morgan fingerprint density at radius 1 is 1.09 bits per heavy atom. The molecule has 0 aromatic heterocycles. The van der Waals surface area contributed by atoms with Gasteiger partial charge in [-0.25, -0.2) is 0 Å². The SMILES string of the molecule is Clc1cccc(Nc2ccccc2/C=C/CN2CCOCC2)c1. The molecule has 23 heavy (non-hydrogen) atoms. The third-order valence-electron chi connectivity index (χ3n) is 3.83. The van der Waals surface area contributed by atoms with Crippen molar-refractivity contribution in [2.75, 3.05) is 38.2 Å². The Hall–Kier alpha value is -1.81. The van der Waals surface area contributed by atoms with E-state index in [1.165, 1.54) is 5.56 Å². The number of benzene rings is 2. The fraction of sp³-hybridized carbons (Fsp3) is 0.263. The summed E-state index contributed by atoms with van der Waals surface area (Å²) in [6.07, 6.45) is 4.38. The number of hydrogen-bond donors (Lipinski definition) is 1. The zero-order chi connectivity index (χ0) is 15.9. The summed E-state index contributed by atoms with van der Waals surface area (Å²) in [5, 5.41) is 4.16. The Bertz CT molecular complexity index is 666. The Balaban J connectivity index is 1.67. The lowest BCUT2D eigenvalue weighted by atomic mass is 10.1. The Morgan fingerprint density at radius 3 is 2.74 bits per heavy atom. The molecule has 2 aromatic carbocycles. The average molecular weight is 329 g/mol. The average Bonchev–Trinajstić information content (AvgIpc) is 2.57. The van der Waals surface area contributed by atoms with Crippen molar-refractivity contribution in [3.05, 3.63) is 65.2 Å². The van der Waals surface area contributed by atoms with E-state index in [1.54, 1.807) is 0 Å². The lowest BCUT2D eigenvalue weighted by Crippen LogP contribution is -2.36. The summed E-state index contributed by atoms with van der Waals surface area (Å²) in [6.45, 7) is 4.63. The highest BCUT2D eigenvalue weighted by Crippen LogP contribution is 2.24. The van der Waals surface area contributed by atoms with Gasteiger partial charge < -0.3 is 10.1 Å². The number of ether oxygens (including phenoxy) is 1. The third-order valence-corrected chi connectivity index (χ3v) is 4.06. The second-order valence-electron chi connectivity index (χ2n) is 5.54. The van der Waals surface area contributed by atoms with Gasteiger partial charge in [-0.2, -0.15) is 0 Å². The smallest absolute Gasteiger partial charge is 0.0594 e. The lowest BCUT2D eigenvalue weighted by molar-refractivity contribution is 0.0435. The maximum absolute atomic E-state index is 6.05. The minimum Gasteiger partial charge on any atom is -0.379 e. The van der Waals surface area contributed by atoms with Crippen LogP contribution in [0.15, 0.2) is 54.6 Å². The fourth-order valence-electron chi connectivity index (χ4n) is 2.59. The summed E-state index contributed by atoms with van der Waals surface area (Å²) in [4.78, 5) is 2.40. The minimum absolute atomic E-state index is 0.732. The Morgan fingerprint density at radius 2 is 1.91 bits per heavy atom. The van der Waals surface area contributed by atoms with Crippen LogP contribution in [0, 0.1) is 0 Å². The molecule has 0 atom stereocenters. The van der Waals surface area contributed by atoms with Crippen LogP contribution in [0.5, 0.6) is 0 Å². The van der Waals surface area contributed by atoms with Crippen molar-refractivity contribution in [3.8, 4) is 0 Å². The van der Waals surface area contributed by atoms with Gasteiger partial charge in [0.05, 0.1) is 13.2 Å². The highest BCUT2D eigenvalue weighted by molar-refractivity contribution is 6.30. The van der Waals surface area contributed by atoms with E-state index in [4.69, 9.17) is 16.3 Å². The number of rotatable bonds is 5. The van der Waals surface area contributed by atoms with Gasteiger partial charge in [-0.1, -0.05) is 48.0 Å². The molecule has 1 N–H and O–H groups in total. The predicted molar refractivity (Wildman–Crippen MR) is 97.5 cm³/mol. The van der Waals surface area contributed by atoms with Crippen molar-refractivity contribution < 1.29 is 4.74 Å². The molecule has 0 aliphatic carbocycles. The third kappa shape index (κ3) is 4.83. The summed E-state index contributed by atoms with van der Waals surface area (Å²) >= 11 is 6.05. The first-order chi connectivity index (χ1) is 11.3. The second kappa shape index (κ2) is 8.16. The molecular weight excluding hydrogens is 308 g/mol. The number of morpholine rings is 1. The van der Waals surface area contributed by atoms with Gasteiger partial charge in [-0.05, 0) is 29.8 Å². The molecule has 0 saturated carbocycles. The lowest BCUT2D eigenvalue weighted by Gasteiger charge is -2.25. The standard InChI is InChI=1S/C19H21ClN2O/c20-17-7-3-8-18(15-17)21-19-9-2-1-5-16(19)6-4-10-22-11-13-23-14-12-22/h1-9,15,21H,10-14H2/b6-4+. The Kier molecular flexibility index (Phi) is 5.70. The summed E-state index contributed by atoms with van der Waals surface area (Å²) in [7, 11) is 0. The number of anilines is 2. The molecule has 0 spiro atoms. The molecule has 1 aliphatic rings. The molecule has 2 aromatic rings. The van der Waals surface area contributed by atoms with E-state index in [2.05, 4.69) is 40.6 Å². The number of hydrogen-bond acceptors (Lipinski definition) is 3. The van der Waals surface area contributed by atoms with Crippen molar-refractivity contribution in [1.82, 2.24) is 4.90 Å². The highest BCUT2D eigenvalue weighted by atomic mass is 35.5. The van der Waals surface area contributed by atoms with Crippen LogP contribution < -0.4 is 5.32 Å². The van der Waals surface area contributed by atoms with Crippen LogP contribution in [-0.2, 0) is 4.74 Å². The molecule has 3 rings (SSSR count). The molecule has 0 bridgehead atoms. The molecule has 120 valence electrons. The number of nitrogens with one attached hydrogen (secondary N) is 1. The van der Waals surface area contributed by atoms with Crippen molar-refractivity contribution in [2.45, 2.75) is 0 Å². The molecule has 1 fully saturated rings. The van der Waals surface area contributed by atoms with Crippen LogP contribution in [0.1, 0.15) is 5.56 Å². The van der Waals surface area contributed by atoms with E-state index in [0.717, 1.165) is 49.2 Å². The molecule has 0 amide bonds. The monoisotopic (exact) mass is 328 g/mol. The first kappa shape index (κ1) is 16.1. The number of nitrogens with zero attached hydrogens (tertiary/aromatic N) is 1. The minimum atomic E-state index is 0.732. The van der Waals surface area contributed by atoms with Crippen LogP contribution in [0.25, 0.3) is 6.08 Å². The summed E-state index contributed by atoms with van der Waals surface area (Å²) in [5.41, 5.74) is 3.24. The summed E-state index contributed by atoms with van der Waals surface area (Å²) in [6, 6.07) is 16.0. The Labute approximate surface area is 142 Å². The van der Waals surface area contributed by atoms with Gasteiger partial charge in [-0.3, -0.25) is 4.90 Å². The van der Waals surface area contributed by atoms with Crippen molar-refractivity contribution >= 4 is 29.1 Å². The van der Waals surface area contributed by atoms with Crippen LogP contribution >= 0.6 is 11.6 Å². The van der Waals surface area contributed by atoms with Crippen LogP contribution in [0.2, 0.25) is 5.02 Å². The normalized spacial score (nSPS) is 15.9. The van der Waals surface area contributed by atoms with Crippen LogP contribution in [-0.4, -0.2) is 37.7 Å². The summed E-state index contributed by atoms with van der Waals surface area (Å²) < 4.78 is 5.37. The first-order valence-corrected chi connectivity index (χ1v) is 8.27. The van der Waals surface area contributed by atoms with E-state index in [0.29, 0.717) is 0 Å². The second-order valence-corrected chi connectivity index (χ2v) is 5.97. The quantitative estimate of drug-likeness (QED) is 0.878. The molecule has 0 unspecified atom stereocenters. The first-order valence-electron chi connectivity index (χ1n) is 7.89. The van der Waals surface area contributed by atoms with Gasteiger partial charge in [-0.15, -0.1) is 0 Å². The zero-order valence-electron chi connectivity index (χ0n) is 13.0. The van der Waals surface area contributed by atoms with Gasteiger partial charge in [0.15, 0.2) is 0 Å². The van der Waals surface area contributed by atoms with E-state index in [1.807, 2.05) is 30.3 Å². The molecule has 1 heterocycles. The fourth-order valence-corrected chi connectivity index (χ4v) is 2.78. The molecule has 1 saturated heterocycles. The zero-order valence-corrected chi connectivity index (χ0v) is 13.8. The molecule has 0 radical (unpaired) electrons. The number of para-hydroxylation sites is 1. The van der Waals surface area contributed by atoms with E-state index < -0.39 is 0 Å². The number of halogens is 1. The molecule has 1 aliphatic heterocycles. The van der Waals surface area contributed by atoms with E-state index >= 15 is 0 Å². The molecular formula is C19H21ClN2O. The van der Waals surface area contributed by atoms with Crippen molar-refractivity contribution in [1.29, 1.82) is 0 Å². The topological polar surface area (TPSA) is 24.5 Å². The van der Waals surface area contributed by atoms with E-state index in [-0.39, 0.29) is 0 Å². The van der Waals surface area contributed by atoms with Gasteiger partial charge in [0, 0.05) is 36.0 Å². The van der Waals surface area contributed by atoms with Gasteiger partial charge in [0.25, 0.3) is 0 Å². The molecule has 4 heteroatoms. The van der Waals surface area contributed by atoms with Gasteiger partial charge >= 0.3 is 0 Å². The summed E-state index contributed by atoms with van der Waals surface area (Å²) in [5.74, 6) is 0. The van der Waals surface area contributed by atoms with Crippen LogP contribution in [0.3, 0.4) is 0 Å². The van der Waals surface area contributed by atoms with Gasteiger partial charge in [0.2, 0.25) is 0 Å². The van der Waals surface area contributed by atoms with Gasteiger partial charge in [0.1, 0.15) is 0 Å².